The van der Waals surface area contributed by atoms with Gasteiger partial charge in [0, 0.05) is 38.8 Å². The highest BCUT2D eigenvalue weighted by Crippen LogP contribution is 2.24. The normalized spacial score (nSPS) is 23.7. The highest BCUT2D eigenvalue weighted by atomic mass is 32.1. The molecule has 134 valence electrons. The molecule has 24 heavy (non-hydrogen) atoms. The number of guanidine groups is 1. The summed E-state index contributed by atoms with van der Waals surface area (Å²) in [5.74, 6) is 1.72. The van der Waals surface area contributed by atoms with Gasteiger partial charge in [-0.05, 0) is 63.2 Å². The van der Waals surface area contributed by atoms with Gasteiger partial charge in [0.15, 0.2) is 5.96 Å². The highest BCUT2D eigenvalue weighted by Gasteiger charge is 2.22. The number of nitrogens with one attached hydrogen (secondary N) is 2. The molecule has 0 aliphatic carbocycles. The van der Waals surface area contributed by atoms with Crippen LogP contribution in [0.4, 0.5) is 5.00 Å². The first-order valence-corrected chi connectivity index (χ1v) is 10.1. The first-order valence-electron chi connectivity index (χ1n) is 9.26. The average Bonchev–Trinajstić information content (AvgIpc) is 3.25. The van der Waals surface area contributed by atoms with Gasteiger partial charge in [0.05, 0.1) is 5.00 Å². The van der Waals surface area contributed by atoms with Gasteiger partial charge in [-0.15, -0.1) is 11.3 Å². The lowest BCUT2D eigenvalue weighted by atomic mass is 10.1. The van der Waals surface area contributed by atoms with Gasteiger partial charge >= 0.3 is 0 Å². The molecule has 2 saturated heterocycles. The Balaban J connectivity index is 1.47. The number of aliphatic imine (C=N–C) groups is 1. The van der Waals surface area contributed by atoms with Crippen molar-refractivity contribution in [2.75, 3.05) is 51.2 Å². The van der Waals surface area contributed by atoms with Gasteiger partial charge < -0.3 is 20.4 Å². The van der Waals surface area contributed by atoms with E-state index in [0.29, 0.717) is 12.0 Å². The third-order valence-electron chi connectivity index (χ3n) is 4.99. The molecule has 2 N–H and O–H groups in total. The molecule has 2 fully saturated rings. The Bertz CT molecular complexity index is 507. The lowest BCUT2D eigenvalue weighted by Gasteiger charge is -2.33. The van der Waals surface area contributed by atoms with Crippen molar-refractivity contribution in [2.24, 2.45) is 10.9 Å². The maximum absolute atomic E-state index is 4.85. The van der Waals surface area contributed by atoms with E-state index in [1.165, 1.54) is 37.4 Å². The van der Waals surface area contributed by atoms with Crippen LogP contribution >= 0.6 is 11.3 Å². The van der Waals surface area contributed by atoms with Crippen molar-refractivity contribution in [1.82, 2.24) is 15.5 Å². The zero-order valence-electron chi connectivity index (χ0n) is 15.0. The summed E-state index contributed by atoms with van der Waals surface area (Å²) >= 11 is 1.84. The van der Waals surface area contributed by atoms with Crippen LogP contribution in [0.2, 0.25) is 0 Å². The van der Waals surface area contributed by atoms with Crippen molar-refractivity contribution in [3.05, 3.63) is 17.5 Å². The Morgan fingerprint density at radius 3 is 2.75 bits per heavy atom. The molecule has 0 bridgehead atoms. The zero-order valence-corrected chi connectivity index (χ0v) is 15.8. The van der Waals surface area contributed by atoms with Gasteiger partial charge in [-0.1, -0.05) is 0 Å². The van der Waals surface area contributed by atoms with Crippen LogP contribution in [0.25, 0.3) is 0 Å². The molecule has 1 unspecified atom stereocenters. The minimum Gasteiger partial charge on any atom is -0.363 e. The second kappa shape index (κ2) is 8.72. The van der Waals surface area contributed by atoms with Gasteiger partial charge in [0.2, 0.25) is 0 Å². The number of piperidine rings is 1. The summed E-state index contributed by atoms with van der Waals surface area (Å²) < 4.78 is 0. The molecule has 2 aliphatic rings. The number of likely N-dealkylation sites (tertiary alicyclic amines) is 1. The fraction of sp³-hybridized carbons (Fsp3) is 0.722. The summed E-state index contributed by atoms with van der Waals surface area (Å²) in [4.78, 5) is 9.75. The van der Waals surface area contributed by atoms with Crippen molar-refractivity contribution in [3.63, 3.8) is 0 Å². The predicted molar refractivity (Wildman–Crippen MR) is 104 cm³/mol. The van der Waals surface area contributed by atoms with Crippen LogP contribution in [0, 0.1) is 5.92 Å². The summed E-state index contributed by atoms with van der Waals surface area (Å²) in [6.07, 6.45) is 3.63. The van der Waals surface area contributed by atoms with Crippen molar-refractivity contribution in [1.29, 1.82) is 0 Å². The van der Waals surface area contributed by atoms with Crippen molar-refractivity contribution >= 4 is 22.3 Å². The quantitative estimate of drug-likeness (QED) is 0.632. The summed E-state index contributed by atoms with van der Waals surface area (Å²) in [7, 11) is 2.20. The molecule has 0 aromatic carbocycles. The van der Waals surface area contributed by atoms with Gasteiger partial charge in [-0.3, -0.25) is 4.99 Å². The molecule has 1 atom stereocenters. The van der Waals surface area contributed by atoms with Gasteiger partial charge in [-0.25, -0.2) is 0 Å². The second-order valence-corrected chi connectivity index (χ2v) is 7.92. The Kier molecular flexibility index (Phi) is 6.37. The van der Waals surface area contributed by atoms with Gasteiger partial charge in [0.1, 0.15) is 0 Å². The molecular weight excluding hydrogens is 318 g/mol. The Morgan fingerprint density at radius 1 is 1.29 bits per heavy atom. The molecule has 3 heterocycles. The smallest absolute Gasteiger partial charge is 0.191 e. The number of anilines is 1. The minimum atomic E-state index is 0.533. The third-order valence-corrected chi connectivity index (χ3v) is 5.92. The van der Waals surface area contributed by atoms with E-state index in [0.717, 1.165) is 32.1 Å². The van der Waals surface area contributed by atoms with Crippen LogP contribution in [0.5, 0.6) is 0 Å². The zero-order chi connectivity index (χ0) is 16.8. The summed E-state index contributed by atoms with van der Waals surface area (Å²) in [6.45, 7) is 8.65. The van der Waals surface area contributed by atoms with Crippen LogP contribution in [0.15, 0.2) is 22.5 Å². The number of nitrogens with zero attached hydrogens (tertiary/aromatic N) is 3. The molecular formula is C18H31N5S. The molecule has 3 rings (SSSR count). The Labute approximate surface area is 150 Å². The Morgan fingerprint density at radius 2 is 2.12 bits per heavy atom. The van der Waals surface area contributed by atoms with Crippen LogP contribution in [-0.4, -0.2) is 63.2 Å². The molecule has 0 saturated carbocycles. The number of hydrogen-bond acceptors (Lipinski definition) is 4. The maximum atomic E-state index is 4.85. The van der Waals surface area contributed by atoms with Crippen LogP contribution in [0.1, 0.15) is 26.2 Å². The lowest BCUT2D eigenvalue weighted by Crippen LogP contribution is -2.48. The molecule has 2 aliphatic heterocycles. The minimum absolute atomic E-state index is 0.533. The van der Waals surface area contributed by atoms with E-state index in [-0.39, 0.29) is 0 Å². The second-order valence-electron chi connectivity index (χ2n) is 6.99. The van der Waals surface area contributed by atoms with Gasteiger partial charge in [0.25, 0.3) is 0 Å². The fourth-order valence-electron chi connectivity index (χ4n) is 3.60. The van der Waals surface area contributed by atoms with E-state index < -0.39 is 0 Å². The highest BCUT2D eigenvalue weighted by molar-refractivity contribution is 7.14. The van der Waals surface area contributed by atoms with E-state index in [9.17, 15) is 0 Å². The molecule has 6 heteroatoms. The Hall–Kier alpha value is -1.27. The number of hydrogen-bond donors (Lipinski definition) is 2. The number of thiophene rings is 1. The third kappa shape index (κ3) is 4.86. The monoisotopic (exact) mass is 349 g/mol. The standard InChI is InChI=1S/C18H31N5S/c1-3-19-18(20-13-15-6-9-22(2)14-15)21-16-7-10-23(11-8-16)17-5-4-12-24-17/h4-5,12,15-16H,3,6-11,13-14H2,1-2H3,(H2,19,20,21). The summed E-state index contributed by atoms with van der Waals surface area (Å²) in [5, 5.41) is 10.6. The van der Waals surface area contributed by atoms with Crippen LogP contribution in [-0.2, 0) is 0 Å². The summed E-state index contributed by atoms with van der Waals surface area (Å²) in [5.41, 5.74) is 0. The predicted octanol–water partition coefficient (Wildman–Crippen LogP) is 2.22. The largest absolute Gasteiger partial charge is 0.363 e. The first-order chi connectivity index (χ1) is 11.7. The molecule has 1 aromatic rings. The van der Waals surface area contributed by atoms with E-state index in [1.807, 2.05) is 11.3 Å². The van der Waals surface area contributed by atoms with Crippen molar-refractivity contribution in [3.8, 4) is 0 Å². The maximum Gasteiger partial charge on any atom is 0.191 e. The number of rotatable bonds is 5. The van der Waals surface area contributed by atoms with Crippen LogP contribution in [0.3, 0.4) is 0 Å². The lowest BCUT2D eigenvalue weighted by molar-refractivity contribution is 0.397. The summed E-state index contributed by atoms with van der Waals surface area (Å²) in [6, 6.07) is 4.90. The molecule has 5 nitrogen and oxygen atoms in total. The van der Waals surface area contributed by atoms with Crippen LogP contribution < -0.4 is 15.5 Å². The SMILES string of the molecule is CCNC(=NCC1CCN(C)C1)NC1CCN(c2cccs2)CC1. The molecule has 0 amide bonds. The average molecular weight is 350 g/mol. The van der Waals surface area contributed by atoms with E-state index in [1.54, 1.807) is 0 Å². The van der Waals surface area contributed by atoms with Crippen molar-refractivity contribution in [2.45, 2.75) is 32.2 Å². The van der Waals surface area contributed by atoms with E-state index in [2.05, 4.69) is 51.9 Å². The van der Waals surface area contributed by atoms with Crippen molar-refractivity contribution < 1.29 is 0 Å². The molecule has 0 radical (unpaired) electrons. The molecule has 0 spiro atoms. The topological polar surface area (TPSA) is 42.9 Å². The fourth-order valence-corrected chi connectivity index (χ4v) is 4.39. The van der Waals surface area contributed by atoms with E-state index in [4.69, 9.17) is 4.99 Å². The molecule has 1 aromatic heterocycles. The van der Waals surface area contributed by atoms with Gasteiger partial charge in [-0.2, -0.15) is 0 Å². The van der Waals surface area contributed by atoms with E-state index >= 15 is 0 Å². The first kappa shape index (κ1) is 17.5.